The highest BCUT2D eigenvalue weighted by atomic mass is 16.5. The molecular weight excluding hydrogens is 695 g/mol. The van der Waals surface area contributed by atoms with Gasteiger partial charge in [-0.1, -0.05) is 146 Å². The van der Waals surface area contributed by atoms with E-state index in [4.69, 9.17) is 9.84 Å². The van der Waals surface area contributed by atoms with E-state index >= 15 is 0 Å². The molecule has 0 bridgehead atoms. The maximum absolute atomic E-state index is 10.2. The fraction of sp³-hybridized carbons (Fsp3) is 0.898. The highest BCUT2D eigenvalue weighted by Crippen LogP contribution is 2.25. The Hall–Kier alpha value is -1.57. The number of hydrogen-bond acceptors (Lipinski definition) is 6. The Morgan fingerprint density at radius 2 is 1.23 bits per heavy atom. The molecule has 2 unspecified atom stereocenters. The largest absolute Gasteiger partial charge is 0.396 e. The van der Waals surface area contributed by atoms with Gasteiger partial charge >= 0.3 is 0 Å². The van der Waals surface area contributed by atoms with E-state index in [1.165, 1.54) is 122 Å². The van der Waals surface area contributed by atoms with Gasteiger partial charge in [-0.25, -0.2) is 4.98 Å². The van der Waals surface area contributed by atoms with E-state index in [1.807, 2.05) is 32.6 Å². The molecule has 56 heavy (non-hydrogen) atoms. The van der Waals surface area contributed by atoms with Crippen LogP contribution in [0.25, 0.3) is 0 Å². The van der Waals surface area contributed by atoms with Crippen molar-refractivity contribution < 1.29 is 19.4 Å². The second-order valence-electron chi connectivity index (χ2n) is 17.6. The normalized spacial score (nSPS) is 11.9. The van der Waals surface area contributed by atoms with Gasteiger partial charge in [-0.2, -0.15) is 0 Å². The monoisotopic (exact) mass is 796 g/mol. The van der Waals surface area contributed by atoms with E-state index in [0.717, 1.165) is 82.1 Å². The summed E-state index contributed by atoms with van der Waals surface area (Å²) in [5, 5.41) is 8.55. The fourth-order valence-corrected chi connectivity index (χ4v) is 6.74. The summed E-state index contributed by atoms with van der Waals surface area (Å²) in [6.45, 7) is 26.8. The first-order chi connectivity index (χ1) is 26.9. The van der Waals surface area contributed by atoms with Crippen molar-refractivity contribution in [2.45, 2.75) is 223 Å². The summed E-state index contributed by atoms with van der Waals surface area (Å²) < 4.78 is 7.16. The minimum Gasteiger partial charge on any atom is -0.396 e. The van der Waals surface area contributed by atoms with E-state index in [-0.39, 0.29) is 0 Å². The molecule has 336 valence electrons. The second-order valence-corrected chi connectivity index (χ2v) is 17.6. The molecule has 1 rings (SSSR count). The number of imidazole rings is 1. The van der Waals surface area contributed by atoms with Crippen LogP contribution in [0, 0.1) is 23.2 Å². The van der Waals surface area contributed by atoms with Gasteiger partial charge in [0, 0.05) is 52.1 Å². The van der Waals surface area contributed by atoms with Crippen molar-refractivity contribution in [2.24, 2.45) is 23.2 Å². The van der Waals surface area contributed by atoms with Crippen LogP contribution in [-0.4, -0.2) is 72.6 Å². The van der Waals surface area contributed by atoms with Gasteiger partial charge in [0.05, 0.1) is 6.33 Å². The van der Waals surface area contributed by atoms with Crippen LogP contribution in [-0.2, 0) is 20.9 Å². The van der Waals surface area contributed by atoms with Crippen molar-refractivity contribution in [3.05, 3.63) is 18.7 Å². The number of unbranched alkanes of at least 4 members (excludes halogenated alkanes) is 15. The van der Waals surface area contributed by atoms with Gasteiger partial charge in [0.1, 0.15) is 12.6 Å². The zero-order valence-corrected chi connectivity index (χ0v) is 39.9. The number of aryl methyl sites for hydroxylation is 1. The lowest BCUT2D eigenvalue weighted by atomic mass is 9.84. The number of hydrogen-bond donors (Lipinski definition) is 1. The van der Waals surface area contributed by atoms with Crippen LogP contribution < -0.4 is 0 Å². The molecule has 0 aliphatic rings. The summed E-state index contributed by atoms with van der Waals surface area (Å²) in [5.74, 6) is 2.37. The standard InChI is InChI=1S/C16H29N3O.C12H24O.C10H22O.C9H20O.C2H6/c1-18(12-9-13-19-14-10-17-16-19)11-7-5-3-2-4-6-8-15-20;1-2-3-4-5-6-7-8-9-10-11-12-13;1-9(6-7-11-5)8-10(2,3)4;1-8(2)7-9(3)5-4-6-10;1-2/h10,14-16H,2-9,11-13H2,1H3;12H,2-11H2,1H3;9H,6-8H2,1-5H3;8-10H,4-7H2,1-3H3;1-2H3. The third kappa shape index (κ3) is 59.1. The van der Waals surface area contributed by atoms with Gasteiger partial charge < -0.3 is 28.9 Å². The Balaban J connectivity index is -0.000000330. The molecule has 0 amide bonds. The van der Waals surface area contributed by atoms with Crippen LogP contribution in [0.4, 0.5) is 0 Å². The number of aromatic nitrogens is 2. The topological polar surface area (TPSA) is 84.7 Å². The number of carbonyl (C=O) groups is 2. The Bertz CT molecular complexity index is 841. The zero-order chi connectivity index (χ0) is 43.1. The summed E-state index contributed by atoms with van der Waals surface area (Å²) in [6.07, 6.45) is 35.8. The third-order valence-electron chi connectivity index (χ3n) is 9.56. The van der Waals surface area contributed by atoms with Crippen LogP contribution >= 0.6 is 0 Å². The van der Waals surface area contributed by atoms with Gasteiger partial charge in [-0.15, -0.1) is 0 Å². The molecule has 0 saturated carbocycles. The van der Waals surface area contributed by atoms with Gasteiger partial charge in [-0.05, 0) is 101 Å². The van der Waals surface area contributed by atoms with Gasteiger partial charge in [-0.3, -0.25) is 0 Å². The maximum Gasteiger partial charge on any atom is 0.119 e. The number of carbonyl (C=O) groups excluding carboxylic acids is 2. The third-order valence-corrected chi connectivity index (χ3v) is 9.56. The summed E-state index contributed by atoms with van der Waals surface area (Å²) in [5.41, 5.74) is 0.465. The van der Waals surface area contributed by atoms with Gasteiger partial charge in [0.2, 0.25) is 0 Å². The first-order valence-electron chi connectivity index (χ1n) is 23.5. The number of nitrogens with zero attached hydrogens (tertiary/aromatic N) is 3. The molecule has 1 heterocycles. The lowest BCUT2D eigenvalue weighted by Gasteiger charge is -2.22. The molecule has 0 spiro atoms. The van der Waals surface area contributed by atoms with E-state index in [1.54, 1.807) is 7.11 Å². The van der Waals surface area contributed by atoms with Gasteiger partial charge in [0.25, 0.3) is 0 Å². The summed E-state index contributed by atoms with van der Waals surface area (Å²) >= 11 is 0. The van der Waals surface area contributed by atoms with E-state index < -0.39 is 0 Å². The molecule has 0 aliphatic carbocycles. The Labute approximate surface area is 351 Å². The molecule has 0 radical (unpaired) electrons. The van der Waals surface area contributed by atoms with Crippen LogP contribution in [0.1, 0.15) is 217 Å². The minimum absolute atomic E-state index is 0.350. The SMILES string of the molecule is CC.CC(C)CC(C)CCCO.CCCCCCCCCCCC=O.CN(CCCCCCCCC=O)CCCn1ccnc1.COCCC(C)CC(C)(C)C. The smallest absolute Gasteiger partial charge is 0.119 e. The van der Waals surface area contributed by atoms with Crippen molar-refractivity contribution in [1.29, 1.82) is 0 Å². The molecule has 1 aromatic heterocycles. The zero-order valence-electron chi connectivity index (χ0n) is 39.9. The number of aldehydes is 2. The van der Waals surface area contributed by atoms with E-state index in [9.17, 15) is 9.59 Å². The Morgan fingerprint density at radius 1 is 0.732 bits per heavy atom. The number of ether oxygens (including phenoxy) is 1. The Kier molecular flexibility index (Phi) is 54.1. The molecular formula is C49H101N3O4. The maximum atomic E-state index is 10.2. The number of aliphatic hydroxyl groups is 1. The number of aliphatic hydroxyl groups excluding tert-OH is 1. The summed E-state index contributed by atoms with van der Waals surface area (Å²) in [7, 11) is 3.97. The first kappa shape index (κ1) is 61.1. The molecule has 0 fully saturated rings. The average molecular weight is 796 g/mol. The second kappa shape index (κ2) is 49.6. The van der Waals surface area contributed by atoms with E-state index in [0.29, 0.717) is 12.0 Å². The summed E-state index contributed by atoms with van der Waals surface area (Å²) in [4.78, 5) is 26.6. The number of methoxy groups -OCH3 is 1. The lowest BCUT2D eigenvalue weighted by Crippen LogP contribution is -2.21. The van der Waals surface area contributed by atoms with Crippen molar-refractivity contribution in [3.63, 3.8) is 0 Å². The highest BCUT2D eigenvalue weighted by molar-refractivity contribution is 5.49. The van der Waals surface area contributed by atoms with Crippen LogP contribution in [0.2, 0.25) is 0 Å². The fourth-order valence-electron chi connectivity index (χ4n) is 6.74. The summed E-state index contributed by atoms with van der Waals surface area (Å²) in [6, 6.07) is 0. The minimum atomic E-state index is 0.350. The Morgan fingerprint density at radius 3 is 1.66 bits per heavy atom. The average Bonchev–Trinajstić information content (AvgIpc) is 3.68. The van der Waals surface area contributed by atoms with Crippen LogP contribution in [0.3, 0.4) is 0 Å². The quantitative estimate of drug-likeness (QED) is 0.0577. The predicted molar refractivity (Wildman–Crippen MR) is 247 cm³/mol. The lowest BCUT2D eigenvalue weighted by molar-refractivity contribution is -0.108. The van der Waals surface area contributed by atoms with Crippen molar-refractivity contribution in [2.75, 3.05) is 40.5 Å². The molecule has 1 N–H and O–H groups in total. The van der Waals surface area contributed by atoms with Crippen molar-refractivity contribution >= 4 is 12.6 Å². The van der Waals surface area contributed by atoms with Crippen molar-refractivity contribution in [1.82, 2.24) is 14.5 Å². The van der Waals surface area contributed by atoms with Crippen molar-refractivity contribution in [3.8, 4) is 0 Å². The number of rotatable bonds is 32. The first-order valence-corrected chi connectivity index (χ1v) is 23.5. The molecule has 0 aromatic carbocycles. The molecule has 1 aromatic rings. The van der Waals surface area contributed by atoms with E-state index in [2.05, 4.69) is 76.9 Å². The van der Waals surface area contributed by atoms with Crippen LogP contribution in [0.5, 0.6) is 0 Å². The van der Waals surface area contributed by atoms with Crippen LogP contribution in [0.15, 0.2) is 18.7 Å². The molecule has 0 saturated heterocycles. The highest BCUT2D eigenvalue weighted by Gasteiger charge is 2.14. The molecule has 7 heteroatoms. The predicted octanol–water partition coefficient (Wildman–Crippen LogP) is 13.8. The molecule has 2 atom stereocenters. The molecule has 7 nitrogen and oxygen atoms in total. The van der Waals surface area contributed by atoms with Gasteiger partial charge in [0.15, 0.2) is 0 Å². The molecule has 0 aliphatic heterocycles.